The highest BCUT2D eigenvalue weighted by Gasteiger charge is 2.22. The summed E-state index contributed by atoms with van der Waals surface area (Å²) in [6.45, 7) is 7.38. The van der Waals surface area contributed by atoms with Crippen molar-refractivity contribution in [3.63, 3.8) is 0 Å². The van der Waals surface area contributed by atoms with E-state index in [-0.39, 0.29) is 22.7 Å². The minimum atomic E-state index is -1.07. The number of hydrogen-bond acceptors (Lipinski definition) is 5. The van der Waals surface area contributed by atoms with Gasteiger partial charge >= 0.3 is 5.97 Å². The highest BCUT2D eigenvalue weighted by molar-refractivity contribution is 5.97. The minimum absolute atomic E-state index is 0.222. The quantitative estimate of drug-likeness (QED) is 0.649. The molecule has 0 aliphatic rings. The molecule has 1 atom stereocenters. The molecule has 1 heterocycles. The third kappa shape index (κ3) is 4.54. The monoisotopic (exact) mass is 393 g/mol. The summed E-state index contributed by atoms with van der Waals surface area (Å²) < 4.78 is 10.7. The Morgan fingerprint density at radius 2 is 1.76 bits per heavy atom. The molecule has 1 N–H and O–H groups in total. The second-order valence-electron chi connectivity index (χ2n) is 7.25. The van der Waals surface area contributed by atoms with Crippen molar-refractivity contribution in [1.82, 2.24) is 0 Å². The number of para-hydroxylation sites is 1. The molecular formula is C23H23NO5. The van der Waals surface area contributed by atoms with Crippen LogP contribution in [0, 0.1) is 6.92 Å². The van der Waals surface area contributed by atoms with Crippen molar-refractivity contribution in [2.45, 2.75) is 39.7 Å². The Labute approximate surface area is 168 Å². The molecule has 6 heteroatoms. The predicted molar refractivity (Wildman–Crippen MR) is 111 cm³/mol. The fourth-order valence-electron chi connectivity index (χ4n) is 2.99. The van der Waals surface area contributed by atoms with Gasteiger partial charge in [-0.1, -0.05) is 43.7 Å². The van der Waals surface area contributed by atoms with E-state index in [9.17, 15) is 14.4 Å². The Hall–Kier alpha value is -3.41. The van der Waals surface area contributed by atoms with Gasteiger partial charge in [0, 0.05) is 11.8 Å². The van der Waals surface area contributed by atoms with Gasteiger partial charge < -0.3 is 14.5 Å². The lowest BCUT2D eigenvalue weighted by molar-refractivity contribution is -0.123. The summed E-state index contributed by atoms with van der Waals surface area (Å²) in [5.74, 6) is -1.36. The van der Waals surface area contributed by atoms with Crippen LogP contribution in [0.1, 0.15) is 48.4 Å². The molecule has 3 rings (SSSR count). The molecule has 0 bridgehead atoms. The maximum atomic E-state index is 12.5. The molecule has 0 saturated carbocycles. The van der Waals surface area contributed by atoms with Gasteiger partial charge in [0.1, 0.15) is 5.58 Å². The van der Waals surface area contributed by atoms with Crippen molar-refractivity contribution >= 4 is 28.5 Å². The molecule has 150 valence electrons. The van der Waals surface area contributed by atoms with E-state index in [1.807, 2.05) is 39.0 Å². The Morgan fingerprint density at radius 1 is 1.03 bits per heavy atom. The van der Waals surface area contributed by atoms with Gasteiger partial charge in [0.15, 0.2) is 11.5 Å². The molecule has 0 unspecified atom stereocenters. The SMILES string of the molecule is Cc1ccc2oc(C(=O)O[C@@H](C)C(=O)Nc3ccccc3C(C)C)cc(=O)c2c1. The molecule has 0 saturated heterocycles. The van der Waals surface area contributed by atoms with Crippen LogP contribution in [0.2, 0.25) is 0 Å². The smallest absolute Gasteiger partial charge is 0.375 e. The summed E-state index contributed by atoms with van der Waals surface area (Å²) in [5.41, 5.74) is 2.51. The molecular weight excluding hydrogens is 370 g/mol. The van der Waals surface area contributed by atoms with Gasteiger partial charge in [-0.3, -0.25) is 9.59 Å². The lowest BCUT2D eigenvalue weighted by atomic mass is 10.0. The number of rotatable bonds is 5. The van der Waals surface area contributed by atoms with Crippen molar-refractivity contribution in [2.75, 3.05) is 5.32 Å². The van der Waals surface area contributed by atoms with Gasteiger partial charge in [0.05, 0.1) is 5.39 Å². The average molecular weight is 393 g/mol. The lowest BCUT2D eigenvalue weighted by Crippen LogP contribution is -2.30. The summed E-state index contributed by atoms with van der Waals surface area (Å²) in [7, 11) is 0. The number of amides is 1. The van der Waals surface area contributed by atoms with E-state index in [4.69, 9.17) is 9.15 Å². The summed E-state index contributed by atoms with van der Waals surface area (Å²) in [6.07, 6.45) is -1.07. The fourth-order valence-corrected chi connectivity index (χ4v) is 2.99. The molecule has 0 aliphatic heterocycles. The van der Waals surface area contributed by atoms with Crippen molar-refractivity contribution in [2.24, 2.45) is 0 Å². The van der Waals surface area contributed by atoms with Gasteiger partial charge in [0.25, 0.3) is 5.91 Å². The fraction of sp³-hybridized carbons (Fsp3) is 0.261. The topological polar surface area (TPSA) is 85.6 Å². The molecule has 0 radical (unpaired) electrons. The number of fused-ring (bicyclic) bond motifs is 1. The predicted octanol–water partition coefficient (Wildman–Crippen LogP) is 4.41. The third-order valence-electron chi connectivity index (χ3n) is 4.58. The standard InChI is InChI=1S/C23H23NO5/c1-13(2)16-7-5-6-8-18(16)24-22(26)15(4)28-23(27)21-12-19(25)17-11-14(3)9-10-20(17)29-21/h5-13,15H,1-4H3,(H,24,26)/t15-/m0/s1. The Morgan fingerprint density at radius 3 is 2.48 bits per heavy atom. The summed E-state index contributed by atoms with van der Waals surface area (Å²) in [4.78, 5) is 37.2. The number of anilines is 1. The number of carbonyl (C=O) groups is 2. The molecule has 0 aliphatic carbocycles. The van der Waals surface area contributed by atoms with E-state index in [0.717, 1.165) is 17.2 Å². The van der Waals surface area contributed by atoms with Crippen LogP contribution in [0.5, 0.6) is 0 Å². The Balaban J connectivity index is 1.75. The van der Waals surface area contributed by atoms with Crippen molar-refractivity contribution in [3.8, 4) is 0 Å². The average Bonchev–Trinajstić information content (AvgIpc) is 2.68. The van der Waals surface area contributed by atoms with E-state index in [2.05, 4.69) is 5.32 Å². The van der Waals surface area contributed by atoms with Gasteiger partial charge in [-0.15, -0.1) is 0 Å². The second kappa shape index (κ2) is 8.31. The largest absolute Gasteiger partial charge is 0.449 e. The zero-order chi connectivity index (χ0) is 21.1. The lowest BCUT2D eigenvalue weighted by Gasteiger charge is -2.17. The number of nitrogens with one attached hydrogen (secondary N) is 1. The number of hydrogen-bond donors (Lipinski definition) is 1. The van der Waals surface area contributed by atoms with E-state index >= 15 is 0 Å². The summed E-state index contributed by atoms with van der Waals surface area (Å²) in [6, 6.07) is 13.6. The van der Waals surface area contributed by atoms with Crippen LogP contribution in [-0.2, 0) is 9.53 Å². The van der Waals surface area contributed by atoms with Crippen molar-refractivity contribution in [3.05, 3.63) is 75.6 Å². The molecule has 29 heavy (non-hydrogen) atoms. The molecule has 6 nitrogen and oxygen atoms in total. The first-order chi connectivity index (χ1) is 13.8. The molecule has 1 aromatic heterocycles. The van der Waals surface area contributed by atoms with Crippen LogP contribution in [0.3, 0.4) is 0 Å². The van der Waals surface area contributed by atoms with Gasteiger partial charge in [-0.2, -0.15) is 0 Å². The number of aryl methyl sites for hydroxylation is 1. The second-order valence-corrected chi connectivity index (χ2v) is 7.25. The first kappa shape index (κ1) is 20.3. The van der Waals surface area contributed by atoms with E-state index in [0.29, 0.717) is 11.1 Å². The third-order valence-corrected chi connectivity index (χ3v) is 4.58. The van der Waals surface area contributed by atoms with Crippen LogP contribution in [-0.4, -0.2) is 18.0 Å². The minimum Gasteiger partial charge on any atom is -0.449 e. The Bertz CT molecular complexity index is 1130. The van der Waals surface area contributed by atoms with E-state index in [1.54, 1.807) is 24.3 Å². The maximum Gasteiger partial charge on any atom is 0.375 e. The summed E-state index contributed by atoms with van der Waals surface area (Å²) >= 11 is 0. The Kier molecular flexibility index (Phi) is 5.82. The van der Waals surface area contributed by atoms with Gasteiger partial charge in [-0.25, -0.2) is 4.79 Å². The van der Waals surface area contributed by atoms with Crippen LogP contribution in [0.4, 0.5) is 5.69 Å². The zero-order valence-electron chi connectivity index (χ0n) is 16.8. The number of carbonyl (C=O) groups excluding carboxylic acids is 2. The van der Waals surface area contributed by atoms with E-state index < -0.39 is 18.0 Å². The normalized spacial score (nSPS) is 12.0. The first-order valence-electron chi connectivity index (χ1n) is 9.41. The molecule has 0 fully saturated rings. The van der Waals surface area contributed by atoms with Crippen LogP contribution >= 0.6 is 0 Å². The van der Waals surface area contributed by atoms with Crippen LogP contribution in [0.15, 0.2) is 57.7 Å². The van der Waals surface area contributed by atoms with Gasteiger partial charge in [0.2, 0.25) is 5.76 Å². The van der Waals surface area contributed by atoms with Crippen molar-refractivity contribution in [1.29, 1.82) is 0 Å². The van der Waals surface area contributed by atoms with E-state index in [1.165, 1.54) is 6.92 Å². The molecule has 1 amide bonds. The summed E-state index contributed by atoms with van der Waals surface area (Å²) in [5, 5.41) is 3.17. The molecule has 3 aromatic rings. The highest BCUT2D eigenvalue weighted by atomic mass is 16.6. The number of benzene rings is 2. The molecule has 0 spiro atoms. The molecule has 2 aromatic carbocycles. The number of ether oxygens (including phenoxy) is 1. The highest BCUT2D eigenvalue weighted by Crippen LogP contribution is 2.24. The number of esters is 1. The van der Waals surface area contributed by atoms with Crippen LogP contribution in [0.25, 0.3) is 11.0 Å². The zero-order valence-corrected chi connectivity index (χ0v) is 16.8. The first-order valence-corrected chi connectivity index (χ1v) is 9.41. The maximum absolute atomic E-state index is 12.5. The van der Waals surface area contributed by atoms with Crippen LogP contribution < -0.4 is 10.7 Å². The van der Waals surface area contributed by atoms with Gasteiger partial charge in [-0.05, 0) is 43.5 Å². The van der Waals surface area contributed by atoms with Crippen molar-refractivity contribution < 1.29 is 18.7 Å².